The van der Waals surface area contributed by atoms with Gasteiger partial charge in [0.05, 0.1) is 5.69 Å². The minimum absolute atomic E-state index is 0.347. The Labute approximate surface area is 164 Å². The Kier molecular flexibility index (Phi) is 5.01. The van der Waals surface area contributed by atoms with Crippen LogP contribution in [-0.2, 0) is 12.8 Å². The molecule has 1 atom stereocenters. The number of hydrogen-bond donors (Lipinski definition) is 1. The molecule has 1 fully saturated rings. The van der Waals surface area contributed by atoms with E-state index in [1.54, 1.807) is 0 Å². The summed E-state index contributed by atoms with van der Waals surface area (Å²) < 4.78 is 2.19. The molecule has 1 aliphatic carbocycles. The maximum Gasteiger partial charge on any atom is 0.0514 e. The zero-order valence-electron chi connectivity index (χ0n) is 13.3. The van der Waals surface area contributed by atoms with Gasteiger partial charge in [0.2, 0.25) is 0 Å². The van der Waals surface area contributed by atoms with Gasteiger partial charge in [-0.2, -0.15) is 0 Å². The number of hydrogen-bond acceptors (Lipinski definition) is 2. The number of nitrogens with zero attached hydrogens (tertiary/aromatic N) is 1. The summed E-state index contributed by atoms with van der Waals surface area (Å²) in [5, 5.41) is 4.30. The number of pyridine rings is 1. The number of rotatable bonds is 1. The lowest BCUT2D eigenvalue weighted by Crippen LogP contribution is -2.32. The summed E-state index contributed by atoms with van der Waals surface area (Å²) in [4.78, 5) is 4.88. The van der Waals surface area contributed by atoms with Gasteiger partial charge in [-0.1, -0.05) is 27.5 Å². The highest BCUT2D eigenvalue weighted by Crippen LogP contribution is 2.45. The second kappa shape index (κ2) is 7.06. The second-order valence-electron chi connectivity index (χ2n) is 6.72. The van der Waals surface area contributed by atoms with Crippen LogP contribution in [0, 0.1) is 5.92 Å². The highest BCUT2D eigenvalue weighted by molar-refractivity contribution is 9.10. The van der Waals surface area contributed by atoms with Crippen LogP contribution >= 0.6 is 43.5 Å². The lowest BCUT2D eigenvalue weighted by Gasteiger charge is -2.32. The number of benzene rings is 1. The molecular weight excluding hydrogens is 451 g/mol. The van der Waals surface area contributed by atoms with Crippen molar-refractivity contribution in [3.63, 3.8) is 0 Å². The quantitative estimate of drug-likeness (QED) is 0.596. The minimum atomic E-state index is 0.347. The van der Waals surface area contributed by atoms with Gasteiger partial charge < -0.3 is 5.32 Å². The molecule has 2 heterocycles. The molecule has 2 nitrogen and oxygen atoms in total. The Hall–Kier alpha value is -0.420. The molecule has 5 heteroatoms. The molecule has 24 heavy (non-hydrogen) atoms. The van der Waals surface area contributed by atoms with Crippen molar-refractivity contribution in [2.75, 3.05) is 13.1 Å². The predicted molar refractivity (Wildman–Crippen MR) is 106 cm³/mol. The summed E-state index contributed by atoms with van der Waals surface area (Å²) in [6, 6.07) is 6.44. The van der Waals surface area contributed by atoms with E-state index in [0.717, 1.165) is 39.9 Å². The number of halogens is 3. The Balaban J connectivity index is 1.91. The fourth-order valence-electron chi connectivity index (χ4n) is 4.21. The van der Waals surface area contributed by atoms with Crippen LogP contribution in [0.4, 0.5) is 0 Å². The van der Waals surface area contributed by atoms with Crippen molar-refractivity contribution in [3.05, 3.63) is 60.7 Å². The van der Waals surface area contributed by atoms with Crippen molar-refractivity contribution in [1.29, 1.82) is 0 Å². The smallest absolute Gasteiger partial charge is 0.0514 e. The molecule has 1 aliphatic heterocycles. The topological polar surface area (TPSA) is 24.9 Å². The number of nitrogens with one attached hydrogen (secondary N) is 1. The van der Waals surface area contributed by atoms with Gasteiger partial charge in [-0.3, -0.25) is 4.98 Å². The van der Waals surface area contributed by atoms with E-state index >= 15 is 0 Å². The Morgan fingerprint density at radius 3 is 2.58 bits per heavy atom. The van der Waals surface area contributed by atoms with Gasteiger partial charge in [0.25, 0.3) is 0 Å². The second-order valence-corrected chi connectivity index (χ2v) is 8.93. The zero-order valence-corrected chi connectivity index (χ0v) is 17.2. The predicted octanol–water partition coefficient (Wildman–Crippen LogP) is 5.49. The SMILES string of the molecule is Clc1cc(Br)c2c(c1)CCc1cc(Br)cnc1[C@@H]2C1CCNCC1. The fourth-order valence-corrected chi connectivity index (χ4v) is 5.71. The molecular formula is C19H19Br2ClN2. The summed E-state index contributed by atoms with van der Waals surface area (Å²) in [6.45, 7) is 2.18. The highest BCUT2D eigenvalue weighted by Gasteiger charge is 2.34. The molecule has 0 bridgehead atoms. The van der Waals surface area contributed by atoms with E-state index in [2.05, 4.69) is 49.3 Å². The van der Waals surface area contributed by atoms with Gasteiger partial charge in [-0.15, -0.1) is 0 Å². The minimum Gasteiger partial charge on any atom is -0.317 e. The molecule has 1 aromatic carbocycles. The average molecular weight is 471 g/mol. The fraction of sp³-hybridized carbons (Fsp3) is 0.421. The summed E-state index contributed by atoms with van der Waals surface area (Å²) >= 11 is 13.7. The van der Waals surface area contributed by atoms with Crippen LogP contribution in [0.15, 0.2) is 33.3 Å². The molecule has 1 aromatic heterocycles. The summed E-state index contributed by atoms with van der Waals surface area (Å²) in [5.74, 6) is 0.965. The first-order valence-electron chi connectivity index (χ1n) is 8.46. The Morgan fingerprint density at radius 2 is 1.79 bits per heavy atom. The maximum absolute atomic E-state index is 6.34. The van der Waals surface area contributed by atoms with Gasteiger partial charge >= 0.3 is 0 Å². The summed E-state index contributed by atoms with van der Waals surface area (Å²) in [5.41, 5.74) is 5.39. The number of aromatic nitrogens is 1. The highest BCUT2D eigenvalue weighted by atomic mass is 79.9. The molecule has 2 aliphatic rings. The zero-order chi connectivity index (χ0) is 16.7. The van der Waals surface area contributed by atoms with E-state index in [9.17, 15) is 0 Å². The first kappa shape index (κ1) is 17.0. The van der Waals surface area contributed by atoms with Gasteiger partial charge in [0.1, 0.15) is 0 Å². The molecule has 1 N–H and O–H groups in total. The summed E-state index contributed by atoms with van der Waals surface area (Å²) in [7, 11) is 0. The largest absolute Gasteiger partial charge is 0.317 e. The lowest BCUT2D eigenvalue weighted by molar-refractivity contribution is 0.338. The third kappa shape index (κ3) is 3.18. The molecule has 0 saturated carbocycles. The maximum atomic E-state index is 6.34. The van der Waals surface area contributed by atoms with Crippen LogP contribution in [0.1, 0.15) is 41.1 Å². The van der Waals surface area contributed by atoms with Crippen molar-refractivity contribution in [3.8, 4) is 0 Å². The molecule has 4 rings (SSSR count). The summed E-state index contributed by atoms with van der Waals surface area (Å²) in [6.07, 6.45) is 6.36. The third-order valence-corrected chi connectivity index (χ3v) is 6.58. The van der Waals surface area contributed by atoms with Gasteiger partial charge in [0.15, 0.2) is 0 Å². The molecule has 2 aromatic rings. The van der Waals surface area contributed by atoms with Crippen LogP contribution in [0.5, 0.6) is 0 Å². The monoisotopic (exact) mass is 468 g/mol. The molecule has 0 radical (unpaired) electrons. The number of fused-ring (bicyclic) bond motifs is 2. The van der Waals surface area contributed by atoms with Crippen molar-refractivity contribution in [2.45, 2.75) is 31.6 Å². The first-order valence-corrected chi connectivity index (χ1v) is 10.4. The molecule has 126 valence electrons. The van der Waals surface area contributed by atoms with Crippen molar-refractivity contribution < 1.29 is 0 Å². The van der Waals surface area contributed by atoms with E-state index in [1.807, 2.05) is 12.3 Å². The number of piperidine rings is 1. The van der Waals surface area contributed by atoms with E-state index in [1.165, 1.54) is 35.2 Å². The van der Waals surface area contributed by atoms with E-state index in [-0.39, 0.29) is 0 Å². The van der Waals surface area contributed by atoms with Crippen LogP contribution in [0.2, 0.25) is 5.02 Å². The standard InChI is InChI=1S/C19H19Br2ClN2/c20-14-7-13-2-1-12-8-15(22)9-16(21)17(12)18(19(13)24-10-14)11-3-5-23-6-4-11/h7-11,18,23H,1-6H2/t18-/m1/s1. The van der Waals surface area contributed by atoms with Gasteiger partial charge in [-0.25, -0.2) is 0 Å². The average Bonchev–Trinajstić information content (AvgIpc) is 2.72. The van der Waals surface area contributed by atoms with Crippen LogP contribution < -0.4 is 5.32 Å². The van der Waals surface area contributed by atoms with E-state index in [4.69, 9.17) is 16.6 Å². The molecule has 0 spiro atoms. The number of aryl methyl sites for hydroxylation is 2. The van der Waals surface area contributed by atoms with Crippen molar-refractivity contribution in [1.82, 2.24) is 10.3 Å². The molecule has 0 unspecified atom stereocenters. The van der Waals surface area contributed by atoms with E-state index in [0.29, 0.717) is 11.8 Å². The van der Waals surface area contributed by atoms with Gasteiger partial charge in [-0.05, 0) is 95.5 Å². The van der Waals surface area contributed by atoms with E-state index < -0.39 is 0 Å². The van der Waals surface area contributed by atoms with Crippen LogP contribution in [0.25, 0.3) is 0 Å². The Morgan fingerprint density at radius 1 is 1.04 bits per heavy atom. The lowest BCUT2D eigenvalue weighted by atomic mass is 9.77. The normalized spacial score (nSPS) is 21.0. The van der Waals surface area contributed by atoms with Crippen LogP contribution in [0.3, 0.4) is 0 Å². The Bertz CT molecular complexity index is 772. The first-order chi connectivity index (χ1) is 11.6. The third-order valence-electron chi connectivity index (χ3n) is 5.27. The van der Waals surface area contributed by atoms with Crippen molar-refractivity contribution in [2.24, 2.45) is 5.92 Å². The van der Waals surface area contributed by atoms with Crippen molar-refractivity contribution >= 4 is 43.5 Å². The molecule has 0 amide bonds. The van der Waals surface area contributed by atoms with Gasteiger partial charge in [0, 0.05) is 26.1 Å². The van der Waals surface area contributed by atoms with Crippen LogP contribution in [-0.4, -0.2) is 18.1 Å². The molecule has 1 saturated heterocycles.